The Morgan fingerprint density at radius 1 is 0.906 bits per heavy atom. The van der Waals surface area contributed by atoms with Gasteiger partial charge in [-0.3, -0.25) is 9.59 Å². The molecule has 2 aliphatic carbocycles. The molecule has 1 aliphatic heterocycles. The third-order valence-electron chi connectivity index (χ3n) is 7.86. The summed E-state index contributed by atoms with van der Waals surface area (Å²) in [5, 5.41) is 3.38. The van der Waals surface area contributed by atoms with Crippen LogP contribution in [0.5, 0.6) is 0 Å². The number of hydrogen-bond acceptors (Lipinski definition) is 2. The van der Waals surface area contributed by atoms with Crippen LogP contribution in [0.15, 0.2) is 48.5 Å². The van der Waals surface area contributed by atoms with Crippen LogP contribution in [-0.4, -0.2) is 28.3 Å². The van der Waals surface area contributed by atoms with E-state index in [-0.39, 0.29) is 23.9 Å². The molecule has 0 bridgehead atoms. The molecule has 1 heterocycles. The lowest BCUT2D eigenvalue weighted by Gasteiger charge is -2.49. The highest BCUT2D eigenvalue weighted by Crippen LogP contribution is 2.43. The second kappa shape index (κ2) is 8.73. The van der Waals surface area contributed by atoms with Crippen LogP contribution in [0.25, 0.3) is 0 Å². The first-order valence-electron chi connectivity index (χ1n) is 12.4. The van der Waals surface area contributed by atoms with Crippen LogP contribution in [0.1, 0.15) is 91.4 Å². The van der Waals surface area contributed by atoms with Gasteiger partial charge < -0.3 is 10.2 Å². The molecule has 0 spiro atoms. The van der Waals surface area contributed by atoms with Gasteiger partial charge >= 0.3 is 0 Å². The predicted octanol–water partition coefficient (Wildman–Crippen LogP) is 5.36. The Morgan fingerprint density at radius 3 is 2.38 bits per heavy atom. The van der Waals surface area contributed by atoms with Crippen molar-refractivity contribution < 1.29 is 9.59 Å². The molecule has 1 N–H and O–H groups in total. The first kappa shape index (κ1) is 21.2. The maximum Gasteiger partial charge on any atom is 0.255 e. The van der Waals surface area contributed by atoms with Gasteiger partial charge in [0.25, 0.3) is 5.91 Å². The Labute approximate surface area is 191 Å². The second-order valence-electron chi connectivity index (χ2n) is 10.1. The number of nitrogens with one attached hydrogen (secondary N) is 1. The molecule has 3 aliphatic rings. The van der Waals surface area contributed by atoms with Gasteiger partial charge in [0.15, 0.2) is 0 Å². The third-order valence-corrected chi connectivity index (χ3v) is 7.86. The average Bonchev–Trinajstić information content (AvgIpc) is 3.08. The summed E-state index contributed by atoms with van der Waals surface area (Å²) in [5.74, 6) is 0.00220. The number of amides is 2. The molecule has 32 heavy (non-hydrogen) atoms. The van der Waals surface area contributed by atoms with Gasteiger partial charge in [-0.05, 0) is 61.8 Å². The molecule has 1 saturated carbocycles. The zero-order valence-electron chi connectivity index (χ0n) is 19.1. The number of carbonyl (C=O) groups excluding carboxylic acids is 2. The van der Waals surface area contributed by atoms with Crippen molar-refractivity contribution in [1.82, 2.24) is 10.2 Å². The van der Waals surface area contributed by atoms with Crippen molar-refractivity contribution in [3.8, 4) is 0 Å². The molecule has 0 radical (unpaired) electrons. The summed E-state index contributed by atoms with van der Waals surface area (Å²) >= 11 is 0. The number of hydrogen-bond donors (Lipinski definition) is 1. The molecular weight excluding hydrogens is 396 g/mol. The monoisotopic (exact) mass is 430 g/mol. The van der Waals surface area contributed by atoms with Crippen LogP contribution in [0.3, 0.4) is 0 Å². The maximum absolute atomic E-state index is 13.9. The lowest BCUT2D eigenvalue weighted by Crippen LogP contribution is -2.64. The van der Waals surface area contributed by atoms with Crippen LogP contribution < -0.4 is 5.32 Å². The van der Waals surface area contributed by atoms with Crippen molar-refractivity contribution in [1.29, 1.82) is 0 Å². The third kappa shape index (κ3) is 3.74. The molecule has 2 aromatic carbocycles. The van der Waals surface area contributed by atoms with Gasteiger partial charge in [-0.2, -0.15) is 0 Å². The molecule has 0 unspecified atom stereocenters. The van der Waals surface area contributed by atoms with E-state index in [1.807, 2.05) is 36.1 Å². The lowest BCUT2D eigenvalue weighted by molar-refractivity contribution is -0.134. The highest BCUT2D eigenvalue weighted by atomic mass is 16.2. The summed E-state index contributed by atoms with van der Waals surface area (Å²) < 4.78 is 0. The van der Waals surface area contributed by atoms with Gasteiger partial charge in [-0.1, -0.05) is 68.1 Å². The number of nitrogens with zero attached hydrogens (tertiary/aromatic N) is 1. The topological polar surface area (TPSA) is 49.4 Å². The molecule has 4 heteroatoms. The summed E-state index contributed by atoms with van der Waals surface area (Å²) in [5.41, 5.74) is 3.35. The highest BCUT2D eigenvalue weighted by molar-refractivity contribution is 6.03. The zero-order chi connectivity index (χ0) is 22.1. The van der Waals surface area contributed by atoms with Gasteiger partial charge in [-0.15, -0.1) is 0 Å². The largest absolute Gasteiger partial charge is 0.351 e. The Balaban J connectivity index is 1.54. The van der Waals surface area contributed by atoms with Crippen molar-refractivity contribution in [3.05, 3.63) is 70.8 Å². The number of carbonyl (C=O) groups is 2. The molecular formula is C28H34N2O2. The first-order chi connectivity index (χ1) is 15.6. The normalized spacial score (nSPS) is 26.1. The van der Waals surface area contributed by atoms with Gasteiger partial charge in [0.1, 0.15) is 5.54 Å². The molecule has 2 aromatic rings. The summed E-state index contributed by atoms with van der Waals surface area (Å²) in [6, 6.07) is 16.4. The van der Waals surface area contributed by atoms with Crippen LogP contribution in [-0.2, 0) is 17.6 Å². The van der Waals surface area contributed by atoms with E-state index >= 15 is 0 Å². The van der Waals surface area contributed by atoms with E-state index in [0.717, 1.165) is 43.2 Å². The van der Waals surface area contributed by atoms with Crippen molar-refractivity contribution in [3.63, 3.8) is 0 Å². The van der Waals surface area contributed by atoms with Crippen molar-refractivity contribution in [2.45, 2.75) is 88.8 Å². The quantitative estimate of drug-likeness (QED) is 0.667. The van der Waals surface area contributed by atoms with Gasteiger partial charge in [0, 0.05) is 18.0 Å². The number of aryl methyl sites for hydroxylation is 1. The van der Waals surface area contributed by atoms with Crippen LogP contribution >= 0.6 is 0 Å². The fourth-order valence-electron chi connectivity index (χ4n) is 6.13. The minimum Gasteiger partial charge on any atom is -0.351 e. The molecule has 0 saturated heterocycles. The summed E-state index contributed by atoms with van der Waals surface area (Å²) in [6.07, 6.45) is 10.5. The lowest BCUT2D eigenvalue weighted by atomic mass is 9.77. The highest BCUT2D eigenvalue weighted by Gasteiger charge is 2.50. The molecule has 2 amide bonds. The molecule has 5 rings (SSSR count). The predicted molar refractivity (Wildman–Crippen MR) is 126 cm³/mol. The van der Waals surface area contributed by atoms with E-state index in [2.05, 4.69) is 29.6 Å². The molecule has 4 nitrogen and oxygen atoms in total. The first-order valence-corrected chi connectivity index (χ1v) is 12.4. The maximum atomic E-state index is 13.9. The molecule has 0 aromatic heterocycles. The van der Waals surface area contributed by atoms with Crippen molar-refractivity contribution in [2.75, 3.05) is 0 Å². The smallest absolute Gasteiger partial charge is 0.255 e. The minimum atomic E-state index is -0.896. The van der Waals surface area contributed by atoms with Crippen LogP contribution in [0, 0.1) is 0 Å². The Kier molecular flexibility index (Phi) is 5.79. The van der Waals surface area contributed by atoms with E-state index in [9.17, 15) is 9.59 Å². The molecule has 1 fully saturated rings. The van der Waals surface area contributed by atoms with Gasteiger partial charge in [0.2, 0.25) is 5.91 Å². The molecule has 168 valence electrons. The van der Waals surface area contributed by atoms with E-state index in [1.165, 1.54) is 36.8 Å². The van der Waals surface area contributed by atoms with Gasteiger partial charge in [-0.25, -0.2) is 0 Å². The van der Waals surface area contributed by atoms with Crippen molar-refractivity contribution >= 4 is 11.8 Å². The van der Waals surface area contributed by atoms with Crippen molar-refractivity contribution in [2.24, 2.45) is 0 Å². The Morgan fingerprint density at radius 2 is 1.59 bits per heavy atom. The van der Waals surface area contributed by atoms with E-state index in [4.69, 9.17) is 0 Å². The number of fused-ring (bicyclic) bond motifs is 2. The van der Waals surface area contributed by atoms with Crippen LogP contribution in [0.4, 0.5) is 0 Å². The van der Waals surface area contributed by atoms with E-state index in [0.29, 0.717) is 6.42 Å². The van der Waals surface area contributed by atoms with Gasteiger partial charge in [0.05, 0.1) is 6.04 Å². The number of rotatable bonds is 3. The summed E-state index contributed by atoms with van der Waals surface area (Å²) in [7, 11) is 0. The second-order valence-corrected chi connectivity index (χ2v) is 10.1. The van der Waals surface area contributed by atoms with E-state index < -0.39 is 5.54 Å². The zero-order valence-corrected chi connectivity index (χ0v) is 19.1. The fourth-order valence-corrected chi connectivity index (χ4v) is 6.13. The Hall–Kier alpha value is -2.62. The SMILES string of the molecule is C[C@@]1(C(=O)NC2CCCCCC2)Cc2ccccc2C(=O)N1[C@@H]1CCCc2ccccc21. The summed E-state index contributed by atoms with van der Waals surface area (Å²) in [4.78, 5) is 29.8. The van der Waals surface area contributed by atoms with Crippen LogP contribution in [0.2, 0.25) is 0 Å². The average molecular weight is 431 g/mol. The standard InChI is InChI=1S/C28H34N2O2/c1-28(27(32)29-22-14-4-2-3-5-15-22)19-21-12-7-9-17-24(21)26(31)30(28)25-18-10-13-20-11-6-8-16-23(20)25/h6-9,11-12,16-17,22,25H,2-5,10,13-15,18-19H2,1H3,(H,29,32)/t25-,28+/m1/s1. The summed E-state index contributed by atoms with van der Waals surface area (Å²) in [6.45, 7) is 1.99. The minimum absolute atomic E-state index is 0.00734. The number of benzene rings is 2. The molecule has 2 atom stereocenters. The Bertz CT molecular complexity index is 1010. The fraction of sp³-hybridized carbons (Fsp3) is 0.500. The van der Waals surface area contributed by atoms with E-state index in [1.54, 1.807) is 0 Å².